The normalized spacial score (nSPS) is 20.6. The first-order chi connectivity index (χ1) is 8.06. The molecule has 92 valence electrons. The number of hydrogen-bond donors (Lipinski definition) is 2. The molecule has 1 aromatic heterocycles. The van der Waals surface area contributed by atoms with Crippen LogP contribution >= 0.6 is 11.3 Å². The average Bonchev–Trinajstić information content (AvgIpc) is 2.87. The number of amides is 1. The molecule has 0 aromatic carbocycles. The molecule has 1 fully saturated rings. The van der Waals surface area contributed by atoms with E-state index in [9.17, 15) is 9.59 Å². The summed E-state index contributed by atoms with van der Waals surface area (Å²) < 4.78 is 0. The van der Waals surface area contributed by atoms with Crippen molar-refractivity contribution >= 4 is 23.2 Å². The van der Waals surface area contributed by atoms with Gasteiger partial charge in [0.2, 0.25) is 5.91 Å². The third-order valence-electron chi connectivity index (χ3n) is 2.93. The van der Waals surface area contributed by atoms with Crippen molar-refractivity contribution in [3.8, 4) is 0 Å². The second kappa shape index (κ2) is 4.85. The van der Waals surface area contributed by atoms with Crippen LogP contribution in [0, 0.1) is 5.92 Å². The second-order valence-corrected chi connectivity index (χ2v) is 5.36. The molecule has 1 atom stereocenters. The Bertz CT molecular complexity index is 444. The number of likely N-dealkylation sites (tertiary alicyclic amines) is 1. The molecular weight excluding hydrogens is 240 g/mol. The molecule has 2 heterocycles. The SMILES string of the molecule is NC(=O)C1CCN(Cc2ccc(C(=O)O)s2)C1. The van der Waals surface area contributed by atoms with Gasteiger partial charge in [-0.15, -0.1) is 11.3 Å². The van der Waals surface area contributed by atoms with Gasteiger partial charge in [-0.3, -0.25) is 9.69 Å². The van der Waals surface area contributed by atoms with Crippen LogP contribution in [0.2, 0.25) is 0 Å². The van der Waals surface area contributed by atoms with Crippen molar-refractivity contribution in [3.05, 3.63) is 21.9 Å². The molecule has 5 nitrogen and oxygen atoms in total. The summed E-state index contributed by atoms with van der Waals surface area (Å²) in [6.45, 7) is 2.21. The van der Waals surface area contributed by atoms with Crippen molar-refractivity contribution in [2.24, 2.45) is 11.7 Å². The van der Waals surface area contributed by atoms with E-state index >= 15 is 0 Å². The first-order valence-electron chi connectivity index (χ1n) is 5.40. The zero-order valence-electron chi connectivity index (χ0n) is 9.26. The van der Waals surface area contributed by atoms with Gasteiger partial charge in [0, 0.05) is 18.0 Å². The molecule has 0 saturated carbocycles. The average molecular weight is 254 g/mol. The summed E-state index contributed by atoms with van der Waals surface area (Å²) >= 11 is 1.28. The minimum Gasteiger partial charge on any atom is -0.477 e. The number of thiophene rings is 1. The van der Waals surface area contributed by atoms with E-state index in [2.05, 4.69) is 4.90 Å². The van der Waals surface area contributed by atoms with E-state index in [1.807, 2.05) is 6.07 Å². The van der Waals surface area contributed by atoms with E-state index in [0.29, 0.717) is 18.0 Å². The first kappa shape index (κ1) is 12.1. The standard InChI is InChI=1S/C11H14N2O3S/c12-10(14)7-3-4-13(5-7)6-8-1-2-9(17-8)11(15)16/h1-2,7H,3-6H2,(H2,12,14)(H,15,16). The Morgan fingerprint density at radius 3 is 2.82 bits per heavy atom. The maximum atomic E-state index is 11.0. The van der Waals surface area contributed by atoms with Crippen LogP contribution < -0.4 is 5.73 Å². The van der Waals surface area contributed by atoms with E-state index in [-0.39, 0.29) is 11.8 Å². The highest BCUT2D eigenvalue weighted by atomic mass is 32.1. The summed E-state index contributed by atoms with van der Waals surface area (Å²) in [5, 5.41) is 8.81. The molecule has 1 amide bonds. The lowest BCUT2D eigenvalue weighted by Gasteiger charge is -2.13. The number of carbonyl (C=O) groups is 2. The number of nitrogens with zero attached hydrogens (tertiary/aromatic N) is 1. The summed E-state index contributed by atoms with van der Waals surface area (Å²) in [5.41, 5.74) is 5.26. The zero-order chi connectivity index (χ0) is 12.4. The molecule has 1 unspecified atom stereocenters. The van der Waals surface area contributed by atoms with Crippen molar-refractivity contribution < 1.29 is 14.7 Å². The second-order valence-electron chi connectivity index (χ2n) is 4.19. The number of primary amides is 1. The maximum absolute atomic E-state index is 11.0. The third-order valence-corrected chi connectivity index (χ3v) is 3.98. The number of carboxylic acid groups (broad SMARTS) is 1. The van der Waals surface area contributed by atoms with Crippen molar-refractivity contribution in [3.63, 3.8) is 0 Å². The number of hydrogen-bond acceptors (Lipinski definition) is 4. The van der Waals surface area contributed by atoms with Crippen LogP contribution in [-0.2, 0) is 11.3 Å². The molecule has 1 saturated heterocycles. The van der Waals surface area contributed by atoms with Crippen molar-refractivity contribution in [1.82, 2.24) is 4.90 Å². The van der Waals surface area contributed by atoms with E-state index < -0.39 is 5.97 Å². The van der Waals surface area contributed by atoms with Crippen LogP contribution in [0.15, 0.2) is 12.1 Å². The fraction of sp³-hybridized carbons (Fsp3) is 0.455. The summed E-state index contributed by atoms with van der Waals surface area (Å²) in [6, 6.07) is 3.44. The van der Waals surface area contributed by atoms with Crippen molar-refractivity contribution in [2.45, 2.75) is 13.0 Å². The molecule has 17 heavy (non-hydrogen) atoms. The van der Waals surface area contributed by atoms with E-state index in [1.165, 1.54) is 11.3 Å². The van der Waals surface area contributed by atoms with Crippen molar-refractivity contribution in [2.75, 3.05) is 13.1 Å². The van der Waals surface area contributed by atoms with Crippen molar-refractivity contribution in [1.29, 1.82) is 0 Å². The maximum Gasteiger partial charge on any atom is 0.345 e. The smallest absolute Gasteiger partial charge is 0.345 e. The molecule has 2 rings (SSSR count). The van der Waals surface area contributed by atoms with E-state index in [4.69, 9.17) is 10.8 Å². The van der Waals surface area contributed by atoms with Crippen LogP contribution in [0.3, 0.4) is 0 Å². The zero-order valence-corrected chi connectivity index (χ0v) is 10.1. The van der Waals surface area contributed by atoms with Gasteiger partial charge in [-0.1, -0.05) is 0 Å². The van der Waals surface area contributed by atoms with Gasteiger partial charge in [-0.2, -0.15) is 0 Å². The number of carbonyl (C=O) groups excluding carboxylic acids is 1. The number of carboxylic acids is 1. The van der Waals surface area contributed by atoms with Crippen LogP contribution in [0.5, 0.6) is 0 Å². The highest BCUT2D eigenvalue weighted by Crippen LogP contribution is 2.22. The van der Waals surface area contributed by atoms with Gasteiger partial charge >= 0.3 is 5.97 Å². The monoisotopic (exact) mass is 254 g/mol. The molecular formula is C11H14N2O3S. The van der Waals surface area contributed by atoms with Crippen LogP contribution in [-0.4, -0.2) is 35.0 Å². The van der Waals surface area contributed by atoms with Crippen LogP contribution in [0.1, 0.15) is 21.0 Å². The summed E-state index contributed by atoms with van der Waals surface area (Å²) in [6.07, 6.45) is 0.798. The van der Waals surface area contributed by atoms with Gasteiger partial charge in [0.05, 0.1) is 5.92 Å². The molecule has 0 aliphatic carbocycles. The Morgan fingerprint density at radius 1 is 1.53 bits per heavy atom. The molecule has 1 aromatic rings. The number of aromatic carboxylic acids is 1. The van der Waals surface area contributed by atoms with Gasteiger partial charge in [-0.05, 0) is 25.1 Å². The predicted octanol–water partition coefficient (Wildman–Crippen LogP) is 0.753. The van der Waals surface area contributed by atoms with Crippen LogP contribution in [0.4, 0.5) is 0 Å². The minimum absolute atomic E-state index is 0.0612. The first-order valence-corrected chi connectivity index (χ1v) is 6.21. The molecule has 3 N–H and O–H groups in total. The molecule has 0 radical (unpaired) electrons. The topological polar surface area (TPSA) is 83.6 Å². The fourth-order valence-corrected chi connectivity index (χ4v) is 2.90. The number of nitrogens with two attached hydrogens (primary N) is 1. The van der Waals surface area contributed by atoms with Gasteiger partial charge in [-0.25, -0.2) is 4.79 Å². The van der Waals surface area contributed by atoms with Gasteiger partial charge in [0.1, 0.15) is 4.88 Å². The lowest BCUT2D eigenvalue weighted by Crippen LogP contribution is -2.27. The highest BCUT2D eigenvalue weighted by Gasteiger charge is 2.26. The number of rotatable bonds is 4. The lowest BCUT2D eigenvalue weighted by molar-refractivity contribution is -0.121. The Labute approximate surface area is 103 Å². The van der Waals surface area contributed by atoms with Gasteiger partial charge < -0.3 is 10.8 Å². The predicted molar refractivity (Wildman–Crippen MR) is 63.9 cm³/mol. The Morgan fingerprint density at radius 2 is 2.29 bits per heavy atom. The fourth-order valence-electron chi connectivity index (χ4n) is 2.01. The lowest BCUT2D eigenvalue weighted by atomic mass is 10.1. The summed E-state index contributed by atoms with van der Waals surface area (Å²) in [4.78, 5) is 25.2. The quantitative estimate of drug-likeness (QED) is 0.830. The largest absolute Gasteiger partial charge is 0.477 e. The summed E-state index contributed by atoms with van der Waals surface area (Å²) in [5.74, 6) is -1.20. The van der Waals surface area contributed by atoms with E-state index in [0.717, 1.165) is 17.8 Å². The Balaban J connectivity index is 1.93. The molecule has 6 heteroatoms. The molecule has 1 aliphatic heterocycles. The van der Waals surface area contributed by atoms with E-state index in [1.54, 1.807) is 6.07 Å². The Hall–Kier alpha value is -1.40. The van der Waals surface area contributed by atoms with Crippen LogP contribution in [0.25, 0.3) is 0 Å². The Kier molecular flexibility index (Phi) is 3.44. The minimum atomic E-state index is -0.891. The highest BCUT2D eigenvalue weighted by molar-refractivity contribution is 7.13. The molecule has 1 aliphatic rings. The molecule has 0 bridgehead atoms. The van der Waals surface area contributed by atoms with Gasteiger partial charge in [0.15, 0.2) is 0 Å². The molecule has 0 spiro atoms. The summed E-state index contributed by atoms with van der Waals surface area (Å²) in [7, 11) is 0. The van der Waals surface area contributed by atoms with Gasteiger partial charge in [0.25, 0.3) is 0 Å². The third kappa shape index (κ3) is 2.83.